The van der Waals surface area contributed by atoms with Crippen LogP contribution in [0, 0.1) is 0 Å². The van der Waals surface area contributed by atoms with Gasteiger partial charge in [-0.05, 0) is 23.8 Å². The Morgan fingerprint density at radius 2 is 2.21 bits per heavy atom. The molecule has 0 aliphatic carbocycles. The van der Waals surface area contributed by atoms with E-state index < -0.39 is 0 Å². The molecule has 1 aromatic carbocycles. The fourth-order valence-corrected chi connectivity index (χ4v) is 1.74. The fourth-order valence-electron chi connectivity index (χ4n) is 1.19. The number of carbonyl (C=O) groups is 1. The minimum Gasteiger partial charge on any atom is -0.392 e. The summed E-state index contributed by atoms with van der Waals surface area (Å²) in [5, 5.41) is 10.2. The molecular formula is C10H10BrClO2. The smallest absolute Gasteiger partial charge is 0.164 e. The number of aliphatic hydroxyl groups is 1. The summed E-state index contributed by atoms with van der Waals surface area (Å²) >= 11 is 8.94. The van der Waals surface area contributed by atoms with Crippen molar-refractivity contribution in [1.29, 1.82) is 0 Å². The van der Waals surface area contributed by atoms with Gasteiger partial charge in [-0.1, -0.05) is 27.5 Å². The first-order valence-electron chi connectivity index (χ1n) is 4.17. The summed E-state index contributed by atoms with van der Waals surface area (Å²) < 4.78 is 0. The van der Waals surface area contributed by atoms with Gasteiger partial charge in [-0.25, -0.2) is 0 Å². The Morgan fingerprint density at radius 1 is 1.50 bits per heavy atom. The van der Waals surface area contributed by atoms with Crippen molar-refractivity contribution in [2.45, 2.75) is 13.0 Å². The van der Waals surface area contributed by atoms with E-state index in [9.17, 15) is 4.79 Å². The van der Waals surface area contributed by atoms with Gasteiger partial charge in [0.05, 0.1) is 6.61 Å². The Bertz CT molecular complexity index is 339. The number of ketones is 1. The maximum atomic E-state index is 11.6. The molecule has 0 atom stereocenters. The number of alkyl halides is 1. The molecule has 1 N–H and O–H groups in total. The molecule has 0 fully saturated rings. The third-order valence-electron chi connectivity index (χ3n) is 1.86. The predicted molar refractivity (Wildman–Crippen MR) is 60.1 cm³/mol. The van der Waals surface area contributed by atoms with Gasteiger partial charge in [0, 0.05) is 22.3 Å². The average molecular weight is 278 g/mol. The maximum absolute atomic E-state index is 11.6. The van der Waals surface area contributed by atoms with Crippen molar-refractivity contribution in [2.75, 3.05) is 5.33 Å². The normalized spacial score (nSPS) is 10.2. The standard InChI is InChI=1S/C10H10BrClO2/c11-4-3-10(14)9-2-1-8(12)5-7(9)6-13/h1-2,5,13H,3-4,6H2. The van der Waals surface area contributed by atoms with Gasteiger partial charge in [0.1, 0.15) is 0 Å². The quantitative estimate of drug-likeness (QED) is 0.679. The van der Waals surface area contributed by atoms with E-state index in [0.717, 1.165) is 0 Å². The lowest BCUT2D eigenvalue weighted by Crippen LogP contribution is -2.04. The molecule has 0 amide bonds. The van der Waals surface area contributed by atoms with E-state index in [-0.39, 0.29) is 12.4 Å². The van der Waals surface area contributed by atoms with E-state index in [2.05, 4.69) is 15.9 Å². The third-order valence-corrected chi connectivity index (χ3v) is 2.49. The minimum atomic E-state index is -0.163. The van der Waals surface area contributed by atoms with Crippen LogP contribution in [-0.4, -0.2) is 16.2 Å². The highest BCUT2D eigenvalue weighted by atomic mass is 79.9. The van der Waals surface area contributed by atoms with Gasteiger partial charge >= 0.3 is 0 Å². The summed E-state index contributed by atoms with van der Waals surface area (Å²) in [5.41, 5.74) is 1.14. The van der Waals surface area contributed by atoms with Gasteiger partial charge in [0.2, 0.25) is 0 Å². The molecule has 0 saturated carbocycles. The van der Waals surface area contributed by atoms with Crippen LogP contribution in [0.3, 0.4) is 0 Å². The molecule has 1 rings (SSSR count). The van der Waals surface area contributed by atoms with E-state index in [0.29, 0.717) is 27.9 Å². The van der Waals surface area contributed by atoms with Crippen molar-refractivity contribution in [1.82, 2.24) is 0 Å². The molecule has 0 bridgehead atoms. The van der Waals surface area contributed by atoms with Gasteiger partial charge < -0.3 is 5.11 Å². The van der Waals surface area contributed by atoms with Crippen molar-refractivity contribution in [2.24, 2.45) is 0 Å². The van der Waals surface area contributed by atoms with Crippen molar-refractivity contribution >= 4 is 33.3 Å². The van der Waals surface area contributed by atoms with Gasteiger partial charge in [-0.3, -0.25) is 4.79 Å². The van der Waals surface area contributed by atoms with Gasteiger partial charge in [0.25, 0.3) is 0 Å². The number of hydrogen-bond acceptors (Lipinski definition) is 2. The Hall–Kier alpha value is -0.380. The zero-order chi connectivity index (χ0) is 10.6. The lowest BCUT2D eigenvalue weighted by atomic mass is 10.0. The number of aliphatic hydroxyl groups excluding tert-OH is 1. The van der Waals surface area contributed by atoms with Crippen LogP contribution in [0.2, 0.25) is 5.02 Å². The molecule has 0 aliphatic heterocycles. The molecule has 76 valence electrons. The molecule has 0 aliphatic rings. The molecule has 0 saturated heterocycles. The van der Waals surface area contributed by atoms with Crippen molar-refractivity contribution in [3.05, 3.63) is 34.3 Å². The first kappa shape index (κ1) is 11.7. The Morgan fingerprint density at radius 3 is 2.79 bits per heavy atom. The van der Waals surface area contributed by atoms with Crippen LogP contribution in [0.25, 0.3) is 0 Å². The molecule has 0 aromatic heterocycles. The number of hydrogen-bond donors (Lipinski definition) is 1. The van der Waals surface area contributed by atoms with E-state index in [1.54, 1.807) is 18.2 Å². The topological polar surface area (TPSA) is 37.3 Å². The average Bonchev–Trinajstić information content (AvgIpc) is 2.17. The molecule has 4 heteroatoms. The number of halogens is 2. The number of rotatable bonds is 4. The minimum absolute atomic E-state index is 0.0163. The molecule has 0 radical (unpaired) electrons. The zero-order valence-corrected chi connectivity index (χ0v) is 9.81. The van der Waals surface area contributed by atoms with Crippen LogP contribution < -0.4 is 0 Å². The molecular weight excluding hydrogens is 267 g/mol. The Balaban J connectivity index is 3.01. The monoisotopic (exact) mass is 276 g/mol. The van der Waals surface area contributed by atoms with Crippen LogP contribution in [0.1, 0.15) is 22.3 Å². The maximum Gasteiger partial charge on any atom is 0.164 e. The summed E-state index contributed by atoms with van der Waals surface area (Å²) in [7, 11) is 0. The second-order valence-electron chi connectivity index (χ2n) is 2.82. The second kappa shape index (κ2) is 5.49. The summed E-state index contributed by atoms with van der Waals surface area (Å²) in [4.78, 5) is 11.6. The Kier molecular flexibility index (Phi) is 4.58. The largest absolute Gasteiger partial charge is 0.392 e. The second-order valence-corrected chi connectivity index (χ2v) is 4.05. The van der Waals surface area contributed by atoms with E-state index in [1.807, 2.05) is 0 Å². The third kappa shape index (κ3) is 2.80. The first-order chi connectivity index (χ1) is 6.69. The lowest BCUT2D eigenvalue weighted by molar-refractivity contribution is 0.0987. The zero-order valence-electron chi connectivity index (χ0n) is 7.46. The highest BCUT2D eigenvalue weighted by molar-refractivity contribution is 9.09. The summed E-state index contributed by atoms with van der Waals surface area (Å²) in [6.07, 6.45) is 0.425. The molecule has 0 spiro atoms. The molecule has 2 nitrogen and oxygen atoms in total. The van der Waals surface area contributed by atoms with Crippen LogP contribution in [0.5, 0.6) is 0 Å². The van der Waals surface area contributed by atoms with Crippen molar-refractivity contribution in [3.8, 4) is 0 Å². The Labute approximate surface area is 96.0 Å². The molecule has 1 aromatic rings. The highest BCUT2D eigenvalue weighted by Gasteiger charge is 2.10. The number of Topliss-reactive ketones (excluding diaryl/α,β-unsaturated/α-hetero) is 1. The summed E-state index contributed by atoms with van der Waals surface area (Å²) in [6, 6.07) is 4.92. The number of benzene rings is 1. The fraction of sp³-hybridized carbons (Fsp3) is 0.300. The predicted octanol–water partition coefficient (Wildman–Crippen LogP) is 2.80. The van der Waals surface area contributed by atoms with Gasteiger partial charge in [0.15, 0.2) is 5.78 Å². The van der Waals surface area contributed by atoms with Crippen LogP contribution >= 0.6 is 27.5 Å². The molecule has 0 unspecified atom stereocenters. The summed E-state index contributed by atoms with van der Waals surface area (Å²) in [5.74, 6) is 0.0163. The van der Waals surface area contributed by atoms with Crippen LogP contribution in [0.15, 0.2) is 18.2 Å². The highest BCUT2D eigenvalue weighted by Crippen LogP contribution is 2.17. The van der Waals surface area contributed by atoms with Crippen LogP contribution in [0.4, 0.5) is 0 Å². The SMILES string of the molecule is O=C(CCBr)c1ccc(Cl)cc1CO. The van der Waals surface area contributed by atoms with Crippen molar-refractivity contribution < 1.29 is 9.90 Å². The van der Waals surface area contributed by atoms with E-state index in [4.69, 9.17) is 16.7 Å². The van der Waals surface area contributed by atoms with Crippen LogP contribution in [-0.2, 0) is 6.61 Å². The van der Waals surface area contributed by atoms with E-state index in [1.165, 1.54) is 0 Å². The van der Waals surface area contributed by atoms with Gasteiger partial charge in [-0.2, -0.15) is 0 Å². The summed E-state index contributed by atoms with van der Waals surface area (Å²) in [6.45, 7) is -0.163. The lowest BCUT2D eigenvalue weighted by Gasteiger charge is -2.05. The van der Waals surface area contributed by atoms with Crippen molar-refractivity contribution in [3.63, 3.8) is 0 Å². The van der Waals surface area contributed by atoms with Gasteiger partial charge in [-0.15, -0.1) is 0 Å². The molecule has 0 heterocycles. The van der Waals surface area contributed by atoms with E-state index >= 15 is 0 Å². The molecule has 14 heavy (non-hydrogen) atoms. The first-order valence-corrected chi connectivity index (χ1v) is 5.67. The number of carbonyl (C=O) groups excluding carboxylic acids is 1.